The second-order valence-corrected chi connectivity index (χ2v) is 7.95. The third kappa shape index (κ3) is 2.48. The molecule has 5 rings (SSSR count). The largest absolute Gasteiger partial charge is 0.382 e. The Morgan fingerprint density at radius 2 is 2.12 bits per heavy atom. The van der Waals surface area contributed by atoms with Gasteiger partial charge in [-0.15, -0.1) is 0 Å². The van der Waals surface area contributed by atoms with Crippen LogP contribution < -0.4 is 11.1 Å². The molecule has 8 heteroatoms. The molecule has 2 unspecified atom stereocenters. The summed E-state index contributed by atoms with van der Waals surface area (Å²) in [6.07, 6.45) is 5.16. The quantitative estimate of drug-likeness (QED) is 0.692. The molecule has 0 radical (unpaired) electrons. The number of hydrogen-bond acceptors (Lipinski definition) is 8. The normalized spacial score (nSPS) is 24.9. The van der Waals surface area contributed by atoms with E-state index in [1.54, 1.807) is 18.2 Å². The molecule has 3 N–H and O–H groups in total. The van der Waals surface area contributed by atoms with Crippen molar-refractivity contribution in [2.75, 3.05) is 11.1 Å². The fraction of sp³-hybridized carbons (Fsp3) is 0.412. The number of benzene rings is 1. The van der Waals surface area contributed by atoms with Gasteiger partial charge in [-0.2, -0.15) is 0 Å². The molecular weight excluding hydrogens is 338 g/mol. The highest BCUT2D eigenvalue weighted by atomic mass is 32.1. The van der Waals surface area contributed by atoms with Crippen LogP contribution in [-0.4, -0.2) is 27.1 Å². The van der Waals surface area contributed by atoms with Gasteiger partial charge in [-0.1, -0.05) is 17.8 Å². The van der Waals surface area contributed by atoms with Gasteiger partial charge < -0.3 is 11.1 Å². The van der Waals surface area contributed by atoms with Crippen molar-refractivity contribution in [3.63, 3.8) is 0 Å². The Hall–Kier alpha value is -2.48. The highest BCUT2D eigenvalue weighted by Gasteiger charge is 2.39. The van der Waals surface area contributed by atoms with E-state index in [9.17, 15) is 4.79 Å². The van der Waals surface area contributed by atoms with Gasteiger partial charge in [0.25, 0.3) is 0 Å². The van der Waals surface area contributed by atoms with Crippen molar-refractivity contribution in [3.8, 4) is 0 Å². The lowest BCUT2D eigenvalue weighted by Gasteiger charge is -2.22. The monoisotopic (exact) mass is 355 g/mol. The van der Waals surface area contributed by atoms with Gasteiger partial charge in [-0.25, -0.2) is 9.61 Å². The third-order valence-corrected chi connectivity index (χ3v) is 6.42. The molecule has 2 heterocycles. The fourth-order valence-electron chi connectivity index (χ4n) is 4.19. The van der Waals surface area contributed by atoms with Crippen molar-refractivity contribution < 1.29 is 9.42 Å². The number of carbonyl (C=O) groups excluding carboxylic acids is 1. The molecule has 7 nitrogen and oxygen atoms in total. The number of nitrogens with two attached hydrogens (primary N) is 1. The Morgan fingerprint density at radius 3 is 2.92 bits per heavy atom. The highest BCUT2D eigenvalue weighted by molar-refractivity contribution is 7.18. The first kappa shape index (κ1) is 14.8. The zero-order chi connectivity index (χ0) is 17.0. The molecule has 0 amide bonds. The van der Waals surface area contributed by atoms with Gasteiger partial charge in [0.2, 0.25) is 5.78 Å². The highest BCUT2D eigenvalue weighted by Crippen LogP contribution is 2.46. The second-order valence-electron chi connectivity index (χ2n) is 6.96. The average Bonchev–Trinajstić information content (AvgIpc) is 3.37. The van der Waals surface area contributed by atoms with Gasteiger partial charge in [-0.05, 0) is 59.6 Å². The first-order valence-corrected chi connectivity index (χ1v) is 9.29. The zero-order valence-corrected chi connectivity index (χ0v) is 14.3. The Morgan fingerprint density at radius 1 is 1.24 bits per heavy atom. The van der Waals surface area contributed by atoms with Crippen molar-refractivity contribution in [2.45, 2.75) is 31.7 Å². The van der Waals surface area contributed by atoms with Gasteiger partial charge in [0, 0.05) is 11.6 Å². The number of thiazole rings is 1. The number of ketones is 1. The summed E-state index contributed by atoms with van der Waals surface area (Å²) in [5, 5.41) is 11.8. The lowest BCUT2D eigenvalue weighted by atomic mass is 9.96. The Labute approximate surface area is 147 Å². The van der Waals surface area contributed by atoms with Crippen molar-refractivity contribution in [2.24, 2.45) is 11.8 Å². The van der Waals surface area contributed by atoms with E-state index < -0.39 is 0 Å². The molecule has 3 aromatic rings. The molecule has 2 bridgehead atoms. The lowest BCUT2D eigenvalue weighted by molar-refractivity contribution is 0.104. The summed E-state index contributed by atoms with van der Waals surface area (Å²) in [6, 6.07) is 5.54. The summed E-state index contributed by atoms with van der Waals surface area (Å²) in [5.41, 5.74) is 7.69. The molecule has 25 heavy (non-hydrogen) atoms. The molecule has 2 fully saturated rings. The van der Waals surface area contributed by atoms with Gasteiger partial charge in [-0.3, -0.25) is 4.79 Å². The van der Waals surface area contributed by atoms with Crippen LogP contribution in [0, 0.1) is 11.8 Å². The molecule has 3 atom stereocenters. The number of anilines is 2. The van der Waals surface area contributed by atoms with Crippen LogP contribution in [0.5, 0.6) is 0 Å². The van der Waals surface area contributed by atoms with E-state index in [1.807, 2.05) is 0 Å². The minimum Gasteiger partial charge on any atom is -0.382 e. The molecular formula is C17H17N5O2S. The molecule has 2 aromatic heterocycles. The number of nitrogens with one attached hydrogen (secondary N) is 1. The van der Waals surface area contributed by atoms with Gasteiger partial charge in [0.1, 0.15) is 21.7 Å². The van der Waals surface area contributed by atoms with Crippen molar-refractivity contribution in [1.29, 1.82) is 0 Å². The minimum absolute atomic E-state index is 0.152. The van der Waals surface area contributed by atoms with Gasteiger partial charge in [0.15, 0.2) is 5.13 Å². The van der Waals surface area contributed by atoms with Crippen LogP contribution >= 0.6 is 11.3 Å². The van der Waals surface area contributed by atoms with Crippen LogP contribution in [-0.2, 0) is 0 Å². The van der Waals surface area contributed by atoms with Crippen LogP contribution in [0.3, 0.4) is 0 Å². The Balaban J connectivity index is 1.39. The maximum atomic E-state index is 12.8. The van der Waals surface area contributed by atoms with Crippen LogP contribution in [0.4, 0.5) is 10.9 Å². The molecule has 2 aliphatic carbocycles. The molecule has 0 spiro atoms. The Kier molecular flexibility index (Phi) is 3.27. The van der Waals surface area contributed by atoms with Crippen molar-refractivity contribution >= 4 is 39.1 Å². The van der Waals surface area contributed by atoms with Gasteiger partial charge in [0.05, 0.1) is 0 Å². The third-order valence-electron chi connectivity index (χ3n) is 5.42. The van der Waals surface area contributed by atoms with E-state index in [0.29, 0.717) is 27.5 Å². The topological polar surface area (TPSA) is 107 Å². The van der Waals surface area contributed by atoms with Crippen LogP contribution in [0.25, 0.3) is 11.0 Å². The summed E-state index contributed by atoms with van der Waals surface area (Å²) >= 11 is 1.33. The van der Waals surface area contributed by atoms with Crippen LogP contribution in [0.15, 0.2) is 22.8 Å². The van der Waals surface area contributed by atoms with Gasteiger partial charge >= 0.3 is 0 Å². The van der Waals surface area contributed by atoms with Crippen molar-refractivity contribution in [1.82, 2.24) is 15.3 Å². The second kappa shape index (κ2) is 5.52. The first-order chi connectivity index (χ1) is 12.2. The average molecular weight is 355 g/mol. The number of nitrogens with zero attached hydrogens (tertiary/aromatic N) is 3. The first-order valence-electron chi connectivity index (χ1n) is 8.47. The number of hydrogen-bond donors (Lipinski definition) is 2. The lowest BCUT2D eigenvalue weighted by Crippen LogP contribution is -2.25. The summed E-state index contributed by atoms with van der Waals surface area (Å²) in [5.74, 6) is 1.71. The van der Waals surface area contributed by atoms with Crippen LogP contribution in [0.2, 0.25) is 0 Å². The molecule has 0 saturated heterocycles. The Bertz CT molecular complexity index is 965. The predicted molar refractivity (Wildman–Crippen MR) is 94.6 cm³/mol. The fourth-order valence-corrected chi connectivity index (χ4v) is 5.10. The maximum Gasteiger partial charge on any atom is 0.206 e. The van der Waals surface area contributed by atoms with E-state index in [0.717, 1.165) is 17.0 Å². The maximum absolute atomic E-state index is 12.8. The van der Waals surface area contributed by atoms with E-state index >= 15 is 0 Å². The van der Waals surface area contributed by atoms with Crippen molar-refractivity contribution in [3.05, 3.63) is 28.6 Å². The summed E-state index contributed by atoms with van der Waals surface area (Å²) in [4.78, 5) is 17.6. The predicted octanol–water partition coefficient (Wildman–Crippen LogP) is 3.09. The molecule has 0 aliphatic heterocycles. The minimum atomic E-state index is -0.152. The number of carbonyl (C=O) groups is 1. The van der Waals surface area contributed by atoms with E-state index in [-0.39, 0.29) is 11.6 Å². The van der Waals surface area contributed by atoms with Crippen LogP contribution in [0.1, 0.15) is 40.9 Å². The zero-order valence-electron chi connectivity index (χ0n) is 13.4. The molecule has 2 saturated carbocycles. The SMILES string of the molecule is Nc1nc(N[C@H]2CC3CCC2C3)sc1C(=O)c1ccc2nonc2c1. The smallest absolute Gasteiger partial charge is 0.206 e. The van der Waals surface area contributed by atoms with E-state index in [4.69, 9.17) is 5.73 Å². The summed E-state index contributed by atoms with van der Waals surface area (Å²) in [7, 11) is 0. The van der Waals surface area contributed by atoms with E-state index in [1.165, 1.54) is 37.0 Å². The molecule has 1 aromatic carbocycles. The number of nitrogen functional groups attached to an aromatic ring is 1. The number of aromatic nitrogens is 3. The number of rotatable bonds is 4. The molecule has 128 valence electrons. The number of fused-ring (bicyclic) bond motifs is 3. The van der Waals surface area contributed by atoms with E-state index in [2.05, 4.69) is 25.2 Å². The summed E-state index contributed by atoms with van der Waals surface area (Å²) < 4.78 is 4.68. The summed E-state index contributed by atoms with van der Waals surface area (Å²) in [6.45, 7) is 0. The molecule has 2 aliphatic rings. The standard InChI is InChI=1S/C17H17N5O2S/c18-16-15(14(23)10-3-4-11-13(7-10)22-24-21-11)25-17(20-16)19-12-6-8-1-2-9(12)5-8/h3-4,7-9,12H,1-2,5-6,18H2,(H,19,20)/t8?,9?,12-/m0/s1.